The maximum Gasteiger partial charge on any atom is 0.223 e. The highest BCUT2D eigenvalue weighted by Crippen LogP contribution is 2.33. The van der Waals surface area contributed by atoms with Crippen LogP contribution in [0, 0.1) is 13.8 Å². The number of ketones is 1. The highest BCUT2D eigenvalue weighted by molar-refractivity contribution is 7.12. The minimum absolute atomic E-state index is 0.0217. The third kappa shape index (κ3) is 4.16. The summed E-state index contributed by atoms with van der Waals surface area (Å²) in [6.07, 6.45) is 1.28. The average molecular weight is 388 g/mol. The maximum absolute atomic E-state index is 12.6. The molecule has 0 spiro atoms. The van der Waals surface area contributed by atoms with Gasteiger partial charge >= 0.3 is 0 Å². The molecule has 5 nitrogen and oxygen atoms in total. The largest absolute Gasteiger partial charge is 0.493 e. The number of Topliss-reactive ketones (excluding diaryl/α,β-unsaturated/α-hetero) is 1. The van der Waals surface area contributed by atoms with Crippen molar-refractivity contribution in [3.63, 3.8) is 0 Å². The van der Waals surface area contributed by atoms with E-state index in [4.69, 9.17) is 9.47 Å². The van der Waals surface area contributed by atoms with Gasteiger partial charge in [-0.1, -0.05) is 0 Å². The van der Waals surface area contributed by atoms with Crippen molar-refractivity contribution in [3.8, 4) is 11.5 Å². The molecule has 0 fully saturated rings. The molecule has 1 aliphatic heterocycles. The Morgan fingerprint density at radius 3 is 2.30 bits per heavy atom. The van der Waals surface area contributed by atoms with Gasteiger partial charge in [-0.2, -0.15) is 0 Å². The average Bonchev–Trinajstić information content (AvgIpc) is 3.02. The molecule has 0 saturated carbocycles. The van der Waals surface area contributed by atoms with E-state index < -0.39 is 0 Å². The van der Waals surface area contributed by atoms with E-state index in [0.717, 1.165) is 27.3 Å². The fourth-order valence-electron chi connectivity index (χ4n) is 3.52. The molecule has 144 valence electrons. The van der Waals surface area contributed by atoms with Gasteiger partial charge in [0.2, 0.25) is 5.91 Å². The second-order valence-corrected chi connectivity index (χ2v) is 8.25. The molecule has 0 atom stereocenters. The van der Waals surface area contributed by atoms with Crippen LogP contribution in [0.3, 0.4) is 0 Å². The van der Waals surface area contributed by atoms with E-state index in [1.54, 1.807) is 25.6 Å². The monoisotopic (exact) mass is 387 g/mol. The Hall–Kier alpha value is -2.34. The summed E-state index contributed by atoms with van der Waals surface area (Å²) in [6, 6.07) is 5.85. The van der Waals surface area contributed by atoms with Crippen molar-refractivity contribution in [1.82, 2.24) is 4.90 Å². The molecule has 1 aromatic carbocycles. The highest BCUT2D eigenvalue weighted by atomic mass is 32.1. The first kappa shape index (κ1) is 19.4. The first-order chi connectivity index (χ1) is 12.9. The number of hydrogen-bond donors (Lipinski definition) is 0. The molecule has 0 bridgehead atoms. The van der Waals surface area contributed by atoms with Gasteiger partial charge in [0.15, 0.2) is 17.3 Å². The van der Waals surface area contributed by atoms with Crippen LogP contribution < -0.4 is 9.47 Å². The molecule has 1 aromatic heterocycles. The molecule has 27 heavy (non-hydrogen) atoms. The summed E-state index contributed by atoms with van der Waals surface area (Å²) in [7, 11) is 3.23. The molecule has 6 heteroatoms. The summed E-state index contributed by atoms with van der Waals surface area (Å²) in [5, 5.41) is 0. The van der Waals surface area contributed by atoms with E-state index in [9.17, 15) is 9.59 Å². The van der Waals surface area contributed by atoms with Crippen molar-refractivity contribution in [2.45, 2.75) is 39.7 Å². The van der Waals surface area contributed by atoms with E-state index >= 15 is 0 Å². The Kier molecular flexibility index (Phi) is 5.85. The fraction of sp³-hybridized carbons (Fsp3) is 0.429. The van der Waals surface area contributed by atoms with Gasteiger partial charge in [0.25, 0.3) is 0 Å². The van der Waals surface area contributed by atoms with Crippen LogP contribution in [0.25, 0.3) is 0 Å². The van der Waals surface area contributed by atoms with Gasteiger partial charge in [-0.05, 0) is 49.6 Å². The van der Waals surface area contributed by atoms with E-state index in [2.05, 4.69) is 0 Å². The van der Waals surface area contributed by atoms with Crippen molar-refractivity contribution in [1.29, 1.82) is 0 Å². The number of nitrogens with zero attached hydrogens (tertiary/aromatic N) is 1. The SMILES string of the molecule is COc1cc2c(cc1OC)CN(C(=O)CCC(=O)c1cc(C)sc1C)CC2. The summed E-state index contributed by atoms with van der Waals surface area (Å²) in [6.45, 7) is 5.15. The zero-order valence-electron chi connectivity index (χ0n) is 16.3. The Labute approximate surface area is 163 Å². The van der Waals surface area contributed by atoms with Gasteiger partial charge in [-0.15, -0.1) is 11.3 Å². The van der Waals surface area contributed by atoms with Gasteiger partial charge in [0.1, 0.15) is 0 Å². The van der Waals surface area contributed by atoms with Gasteiger partial charge < -0.3 is 14.4 Å². The molecule has 2 aromatic rings. The quantitative estimate of drug-likeness (QED) is 0.705. The Morgan fingerprint density at radius 1 is 1.04 bits per heavy atom. The number of aryl methyl sites for hydroxylation is 2. The molecule has 0 saturated heterocycles. The number of fused-ring (bicyclic) bond motifs is 1. The lowest BCUT2D eigenvalue weighted by molar-refractivity contribution is -0.132. The molecule has 3 rings (SSSR count). The number of benzene rings is 1. The predicted octanol–water partition coefficient (Wildman–Crippen LogP) is 3.93. The van der Waals surface area contributed by atoms with E-state index in [1.165, 1.54) is 5.56 Å². The van der Waals surface area contributed by atoms with Crippen LogP contribution in [-0.4, -0.2) is 37.4 Å². The summed E-state index contributed by atoms with van der Waals surface area (Å²) >= 11 is 1.62. The smallest absolute Gasteiger partial charge is 0.223 e. The van der Waals surface area contributed by atoms with Crippen molar-refractivity contribution in [3.05, 3.63) is 44.6 Å². The Bertz CT molecular complexity index is 871. The van der Waals surface area contributed by atoms with E-state index in [0.29, 0.717) is 24.6 Å². The Balaban J connectivity index is 1.64. The highest BCUT2D eigenvalue weighted by Gasteiger charge is 2.23. The van der Waals surface area contributed by atoms with Gasteiger partial charge in [-0.25, -0.2) is 0 Å². The molecule has 1 amide bonds. The van der Waals surface area contributed by atoms with E-state index in [-0.39, 0.29) is 24.5 Å². The summed E-state index contributed by atoms with van der Waals surface area (Å²) < 4.78 is 10.7. The molecule has 0 aliphatic carbocycles. The van der Waals surface area contributed by atoms with Crippen LogP contribution in [0.15, 0.2) is 18.2 Å². The number of carbonyl (C=O) groups is 2. The first-order valence-corrected chi connectivity index (χ1v) is 9.86. The van der Waals surface area contributed by atoms with Crippen LogP contribution in [0.5, 0.6) is 11.5 Å². The summed E-state index contributed by atoms with van der Waals surface area (Å²) in [4.78, 5) is 29.0. The number of amides is 1. The minimum Gasteiger partial charge on any atom is -0.493 e. The lowest BCUT2D eigenvalue weighted by atomic mass is 9.98. The fourth-order valence-corrected chi connectivity index (χ4v) is 4.46. The number of ether oxygens (including phenoxy) is 2. The van der Waals surface area contributed by atoms with Gasteiger partial charge in [0.05, 0.1) is 14.2 Å². The number of rotatable bonds is 6. The molecule has 0 unspecified atom stereocenters. The van der Waals surface area contributed by atoms with Gasteiger partial charge in [-0.3, -0.25) is 9.59 Å². The normalized spacial score (nSPS) is 13.3. The summed E-state index contributed by atoms with van der Waals surface area (Å²) in [5.41, 5.74) is 3.01. The molecule has 1 aliphatic rings. The number of hydrogen-bond acceptors (Lipinski definition) is 5. The zero-order chi connectivity index (χ0) is 19.6. The predicted molar refractivity (Wildman–Crippen MR) is 106 cm³/mol. The number of methoxy groups -OCH3 is 2. The molecule has 2 heterocycles. The number of thiophene rings is 1. The standard InChI is InChI=1S/C21H25NO4S/c1-13-9-17(14(2)27-13)18(23)5-6-21(24)22-8-7-15-10-19(25-3)20(26-4)11-16(15)12-22/h9-11H,5-8,12H2,1-4H3. The lowest BCUT2D eigenvalue weighted by Gasteiger charge is -2.29. The third-order valence-electron chi connectivity index (χ3n) is 4.98. The molecule has 0 N–H and O–H groups in total. The second kappa shape index (κ2) is 8.13. The maximum atomic E-state index is 12.6. The molecular weight excluding hydrogens is 362 g/mol. The first-order valence-electron chi connectivity index (χ1n) is 9.04. The van der Waals surface area contributed by atoms with Crippen molar-refractivity contribution in [2.75, 3.05) is 20.8 Å². The van der Waals surface area contributed by atoms with E-state index in [1.807, 2.05) is 36.9 Å². The van der Waals surface area contributed by atoms with Crippen LogP contribution in [0.2, 0.25) is 0 Å². The van der Waals surface area contributed by atoms with Crippen LogP contribution >= 0.6 is 11.3 Å². The molecule has 0 radical (unpaired) electrons. The minimum atomic E-state index is 0.0217. The Morgan fingerprint density at radius 2 is 1.70 bits per heavy atom. The number of carbonyl (C=O) groups excluding carboxylic acids is 2. The lowest BCUT2D eigenvalue weighted by Crippen LogP contribution is -2.36. The van der Waals surface area contributed by atoms with Crippen molar-refractivity contribution in [2.24, 2.45) is 0 Å². The topological polar surface area (TPSA) is 55.8 Å². The van der Waals surface area contributed by atoms with Crippen molar-refractivity contribution >= 4 is 23.0 Å². The van der Waals surface area contributed by atoms with Crippen LogP contribution in [0.1, 0.15) is 44.1 Å². The third-order valence-corrected chi connectivity index (χ3v) is 5.94. The van der Waals surface area contributed by atoms with Gasteiger partial charge in [0, 0.05) is 41.2 Å². The summed E-state index contributed by atoms with van der Waals surface area (Å²) in [5.74, 6) is 1.45. The van der Waals surface area contributed by atoms with Crippen LogP contribution in [0.4, 0.5) is 0 Å². The zero-order valence-corrected chi connectivity index (χ0v) is 17.1. The van der Waals surface area contributed by atoms with Crippen LogP contribution in [-0.2, 0) is 17.8 Å². The van der Waals surface area contributed by atoms with Crippen molar-refractivity contribution < 1.29 is 19.1 Å². The second-order valence-electron chi connectivity index (χ2n) is 6.79. The molecular formula is C21H25NO4S.